The molecule has 0 bridgehead atoms. The van der Waals surface area contributed by atoms with E-state index in [4.69, 9.17) is 20.4 Å². The summed E-state index contributed by atoms with van der Waals surface area (Å²) >= 11 is 0. The van der Waals surface area contributed by atoms with Crippen molar-refractivity contribution in [2.24, 2.45) is 5.92 Å². The Bertz CT molecular complexity index is 901. The molecule has 3 fully saturated rings. The van der Waals surface area contributed by atoms with E-state index >= 15 is 0 Å². The quantitative estimate of drug-likeness (QED) is 0.580. The Morgan fingerprint density at radius 1 is 1.16 bits per heavy atom. The summed E-state index contributed by atoms with van der Waals surface area (Å²) in [6, 6.07) is 1.90. The Morgan fingerprint density at radius 2 is 1.94 bits per heavy atom. The van der Waals surface area contributed by atoms with Crippen molar-refractivity contribution >= 4 is 17.7 Å². The van der Waals surface area contributed by atoms with E-state index in [0.717, 1.165) is 56.3 Å². The second-order valence-corrected chi connectivity index (χ2v) is 8.86. The van der Waals surface area contributed by atoms with Crippen LogP contribution in [0.5, 0.6) is 0 Å². The summed E-state index contributed by atoms with van der Waals surface area (Å²) < 4.78 is 5.48. The van der Waals surface area contributed by atoms with Gasteiger partial charge < -0.3 is 30.7 Å². The molecule has 0 spiro atoms. The molecule has 2 saturated heterocycles. The first-order valence-corrected chi connectivity index (χ1v) is 11.0. The van der Waals surface area contributed by atoms with Crippen molar-refractivity contribution in [3.05, 3.63) is 18.5 Å². The smallest absolute Gasteiger partial charge is 0.228 e. The van der Waals surface area contributed by atoms with Crippen molar-refractivity contribution in [3.8, 4) is 11.3 Å². The van der Waals surface area contributed by atoms with Gasteiger partial charge in [-0.25, -0.2) is 15.0 Å². The minimum Gasteiger partial charge on any atom is -0.394 e. The number of ether oxygens (including phenoxy) is 1. The molecular formula is C21H30N8O2. The number of likely N-dealkylation sites (tertiary alicyclic amines) is 1. The molecule has 4 N–H and O–H groups in total. The highest BCUT2D eigenvalue weighted by molar-refractivity contribution is 5.64. The minimum absolute atomic E-state index is 0.0609. The molecule has 1 atom stereocenters. The lowest BCUT2D eigenvalue weighted by Gasteiger charge is -2.31. The average Bonchev–Trinajstić information content (AvgIpc) is 3.53. The third-order valence-corrected chi connectivity index (χ3v) is 6.32. The molecule has 10 nitrogen and oxygen atoms in total. The van der Waals surface area contributed by atoms with Crippen molar-refractivity contribution < 1.29 is 9.84 Å². The molecule has 0 aromatic carbocycles. The number of rotatable bonds is 7. The Morgan fingerprint density at radius 3 is 2.65 bits per heavy atom. The number of aliphatic hydroxyl groups excluding tert-OH is 1. The van der Waals surface area contributed by atoms with Gasteiger partial charge in [0.15, 0.2) is 0 Å². The van der Waals surface area contributed by atoms with Crippen molar-refractivity contribution in [2.75, 3.05) is 68.5 Å². The van der Waals surface area contributed by atoms with Crippen LogP contribution in [0, 0.1) is 5.92 Å². The zero-order valence-electron chi connectivity index (χ0n) is 17.7. The van der Waals surface area contributed by atoms with Crippen LogP contribution in [-0.2, 0) is 4.74 Å². The summed E-state index contributed by atoms with van der Waals surface area (Å²) in [6.45, 7) is 5.77. The summed E-state index contributed by atoms with van der Waals surface area (Å²) in [7, 11) is 0. The van der Waals surface area contributed by atoms with Crippen molar-refractivity contribution in [3.63, 3.8) is 0 Å². The molecule has 2 aromatic rings. The van der Waals surface area contributed by atoms with E-state index < -0.39 is 5.54 Å². The molecule has 2 aliphatic heterocycles. The van der Waals surface area contributed by atoms with Crippen LogP contribution >= 0.6 is 0 Å². The molecule has 31 heavy (non-hydrogen) atoms. The van der Waals surface area contributed by atoms with Gasteiger partial charge in [-0.15, -0.1) is 0 Å². The van der Waals surface area contributed by atoms with E-state index in [0.29, 0.717) is 25.0 Å². The lowest BCUT2D eigenvalue weighted by molar-refractivity contribution is 0.122. The van der Waals surface area contributed by atoms with Gasteiger partial charge in [-0.3, -0.25) is 0 Å². The lowest BCUT2D eigenvalue weighted by atomic mass is 10.00. The van der Waals surface area contributed by atoms with Gasteiger partial charge in [0.1, 0.15) is 5.82 Å². The second kappa shape index (κ2) is 8.52. The Balaban J connectivity index is 1.43. The fraction of sp³-hybridized carbons (Fsp3) is 0.619. The highest BCUT2D eigenvalue weighted by atomic mass is 16.5. The molecule has 2 aromatic heterocycles. The van der Waals surface area contributed by atoms with E-state index in [1.54, 1.807) is 12.4 Å². The van der Waals surface area contributed by atoms with Crippen LogP contribution in [-0.4, -0.2) is 88.0 Å². The highest BCUT2D eigenvalue weighted by Gasteiger charge is 2.40. The Hall–Kier alpha value is -2.56. The van der Waals surface area contributed by atoms with E-state index in [1.165, 1.54) is 12.8 Å². The van der Waals surface area contributed by atoms with Crippen LogP contribution in [0.3, 0.4) is 0 Å². The Labute approximate surface area is 181 Å². The average molecular weight is 427 g/mol. The van der Waals surface area contributed by atoms with Gasteiger partial charge in [0.25, 0.3) is 0 Å². The molecule has 3 aliphatic rings. The van der Waals surface area contributed by atoms with Gasteiger partial charge in [0.2, 0.25) is 11.9 Å². The summed E-state index contributed by atoms with van der Waals surface area (Å²) in [5.74, 6) is 2.40. The van der Waals surface area contributed by atoms with Crippen molar-refractivity contribution in [1.82, 2.24) is 24.8 Å². The first-order chi connectivity index (χ1) is 15.1. The molecule has 1 aliphatic carbocycles. The first kappa shape index (κ1) is 20.3. The van der Waals surface area contributed by atoms with Gasteiger partial charge >= 0.3 is 0 Å². The predicted molar refractivity (Wildman–Crippen MR) is 118 cm³/mol. The molecule has 0 unspecified atom stereocenters. The fourth-order valence-corrected chi connectivity index (χ4v) is 4.34. The molecule has 0 amide bonds. The molecular weight excluding hydrogens is 396 g/mol. The fourth-order valence-electron chi connectivity index (χ4n) is 4.34. The lowest BCUT2D eigenvalue weighted by Crippen LogP contribution is -2.45. The standard InChI is InChI=1S/C21H30N8O2/c22-19-23-10-16(11-24-19)17-9-18(26-20(25-17)29-5-7-31-8-6-29)27-21(14-30)3-4-28(13-21)12-15-1-2-15/h9-11,15,30H,1-8,12-14H2,(H2,22,23,24)(H,25,26,27)/t21-/m0/s1. The molecule has 5 rings (SSSR count). The number of nitrogen functional groups attached to an aromatic ring is 1. The predicted octanol–water partition coefficient (Wildman–Crippen LogP) is 0.611. The van der Waals surface area contributed by atoms with Gasteiger partial charge in [-0.05, 0) is 25.2 Å². The van der Waals surface area contributed by atoms with Crippen LogP contribution in [0.4, 0.5) is 17.7 Å². The summed E-state index contributed by atoms with van der Waals surface area (Å²) in [5.41, 5.74) is 6.75. The van der Waals surface area contributed by atoms with E-state index in [1.807, 2.05) is 6.07 Å². The molecule has 0 radical (unpaired) electrons. The number of aliphatic hydroxyl groups is 1. The van der Waals surface area contributed by atoms with Crippen LogP contribution in [0.1, 0.15) is 19.3 Å². The number of morpholine rings is 1. The monoisotopic (exact) mass is 426 g/mol. The number of nitrogens with two attached hydrogens (primary N) is 1. The Kier molecular flexibility index (Phi) is 5.59. The molecule has 10 heteroatoms. The van der Waals surface area contributed by atoms with E-state index in [9.17, 15) is 5.11 Å². The summed E-state index contributed by atoms with van der Waals surface area (Å²) in [4.78, 5) is 22.4. The number of hydrogen-bond acceptors (Lipinski definition) is 10. The van der Waals surface area contributed by atoms with Gasteiger partial charge in [0, 0.05) is 56.7 Å². The summed E-state index contributed by atoms with van der Waals surface area (Å²) in [5, 5.41) is 13.8. The number of nitrogens with zero attached hydrogens (tertiary/aromatic N) is 6. The van der Waals surface area contributed by atoms with Gasteiger partial charge in [0.05, 0.1) is 31.1 Å². The largest absolute Gasteiger partial charge is 0.394 e. The number of aromatic nitrogens is 4. The minimum atomic E-state index is -0.402. The zero-order valence-corrected chi connectivity index (χ0v) is 17.7. The van der Waals surface area contributed by atoms with Crippen molar-refractivity contribution in [2.45, 2.75) is 24.8 Å². The topological polar surface area (TPSA) is 126 Å². The van der Waals surface area contributed by atoms with Crippen LogP contribution < -0.4 is 16.0 Å². The van der Waals surface area contributed by atoms with E-state index in [-0.39, 0.29) is 12.6 Å². The van der Waals surface area contributed by atoms with Gasteiger partial charge in [-0.1, -0.05) is 0 Å². The molecule has 4 heterocycles. The van der Waals surface area contributed by atoms with Crippen LogP contribution in [0.15, 0.2) is 18.5 Å². The van der Waals surface area contributed by atoms with Gasteiger partial charge in [-0.2, -0.15) is 4.98 Å². The van der Waals surface area contributed by atoms with E-state index in [2.05, 4.69) is 25.1 Å². The normalized spacial score (nSPS) is 24.5. The second-order valence-electron chi connectivity index (χ2n) is 8.86. The molecule has 166 valence electrons. The third kappa shape index (κ3) is 4.70. The zero-order chi connectivity index (χ0) is 21.3. The number of anilines is 3. The third-order valence-electron chi connectivity index (χ3n) is 6.32. The maximum atomic E-state index is 10.3. The van der Waals surface area contributed by atoms with Crippen LogP contribution in [0.2, 0.25) is 0 Å². The van der Waals surface area contributed by atoms with Crippen molar-refractivity contribution in [1.29, 1.82) is 0 Å². The maximum absolute atomic E-state index is 10.3. The highest BCUT2D eigenvalue weighted by Crippen LogP contribution is 2.34. The number of nitrogens with one attached hydrogen (secondary N) is 1. The van der Waals surface area contributed by atoms with Crippen LogP contribution in [0.25, 0.3) is 11.3 Å². The number of hydrogen-bond donors (Lipinski definition) is 3. The molecule has 1 saturated carbocycles. The summed E-state index contributed by atoms with van der Waals surface area (Å²) in [6.07, 6.45) is 6.89. The first-order valence-electron chi connectivity index (χ1n) is 11.0. The maximum Gasteiger partial charge on any atom is 0.228 e. The SMILES string of the molecule is Nc1ncc(-c2cc(N[C@@]3(CO)CCN(CC4CC4)C3)nc(N3CCOCC3)n2)cn1.